The largest absolute Gasteiger partial charge is 0.479 e. The van der Waals surface area contributed by atoms with Crippen LogP contribution in [0.15, 0.2) is 30.3 Å². The van der Waals surface area contributed by atoms with E-state index in [1.165, 1.54) is 0 Å². The second kappa shape index (κ2) is 7.91. The lowest BCUT2D eigenvalue weighted by Crippen LogP contribution is -2.51. The lowest BCUT2D eigenvalue weighted by Gasteiger charge is -2.35. The SMILES string of the molecule is C[C@@H]1CN(C(=O)CCOCc2ccccc2)CC(C(=O)O)O1. The number of amides is 1. The summed E-state index contributed by atoms with van der Waals surface area (Å²) in [6.07, 6.45) is -0.978. The first-order valence-corrected chi connectivity index (χ1v) is 7.34. The maximum atomic E-state index is 12.1. The van der Waals surface area contributed by atoms with Gasteiger partial charge in [0.05, 0.1) is 32.3 Å². The Morgan fingerprint density at radius 1 is 1.32 bits per heavy atom. The molecule has 6 nitrogen and oxygen atoms in total. The van der Waals surface area contributed by atoms with Crippen LogP contribution in [0.4, 0.5) is 0 Å². The van der Waals surface area contributed by atoms with Gasteiger partial charge in [0.15, 0.2) is 6.10 Å². The first-order valence-electron chi connectivity index (χ1n) is 7.34. The number of hydrogen-bond acceptors (Lipinski definition) is 4. The summed E-state index contributed by atoms with van der Waals surface area (Å²) in [5, 5.41) is 9.01. The summed E-state index contributed by atoms with van der Waals surface area (Å²) in [5.74, 6) is -1.14. The molecule has 2 rings (SSSR count). The third-order valence-corrected chi connectivity index (χ3v) is 3.46. The number of morpholine rings is 1. The highest BCUT2D eigenvalue weighted by atomic mass is 16.5. The molecule has 1 aliphatic rings. The minimum atomic E-state index is -1.04. The molecule has 22 heavy (non-hydrogen) atoms. The molecule has 0 aliphatic carbocycles. The van der Waals surface area contributed by atoms with Crippen LogP contribution in [0.2, 0.25) is 0 Å². The molecular formula is C16H21NO5. The zero-order valence-electron chi connectivity index (χ0n) is 12.6. The number of rotatable bonds is 6. The van der Waals surface area contributed by atoms with Crippen LogP contribution in [0, 0.1) is 0 Å². The van der Waals surface area contributed by atoms with Gasteiger partial charge in [0, 0.05) is 6.54 Å². The molecule has 2 atom stereocenters. The number of carbonyl (C=O) groups excluding carboxylic acids is 1. The van der Waals surface area contributed by atoms with Crippen LogP contribution in [0.5, 0.6) is 0 Å². The Balaban J connectivity index is 1.73. The van der Waals surface area contributed by atoms with Gasteiger partial charge in [-0.2, -0.15) is 0 Å². The predicted octanol–water partition coefficient (Wildman–Crippen LogP) is 1.29. The number of nitrogens with zero attached hydrogens (tertiary/aromatic N) is 1. The predicted molar refractivity (Wildman–Crippen MR) is 79.3 cm³/mol. The Hall–Kier alpha value is -1.92. The standard InChI is InChI=1S/C16H21NO5/c1-12-9-17(10-14(22-12)16(19)20)15(18)7-8-21-11-13-5-3-2-4-6-13/h2-6,12,14H,7-11H2,1H3,(H,19,20)/t12-,14?/m1/s1. The fourth-order valence-corrected chi connectivity index (χ4v) is 2.37. The molecule has 1 aromatic carbocycles. The summed E-state index contributed by atoms with van der Waals surface area (Å²) in [7, 11) is 0. The second-order valence-corrected chi connectivity index (χ2v) is 5.36. The lowest BCUT2D eigenvalue weighted by molar-refractivity contribution is -0.166. The van der Waals surface area contributed by atoms with Crippen molar-refractivity contribution >= 4 is 11.9 Å². The van der Waals surface area contributed by atoms with Crippen LogP contribution < -0.4 is 0 Å². The van der Waals surface area contributed by atoms with Gasteiger partial charge >= 0.3 is 5.97 Å². The van der Waals surface area contributed by atoms with E-state index in [0.717, 1.165) is 5.56 Å². The summed E-state index contributed by atoms with van der Waals surface area (Å²) >= 11 is 0. The van der Waals surface area contributed by atoms with Crippen molar-refractivity contribution in [1.82, 2.24) is 4.90 Å². The molecule has 1 N–H and O–H groups in total. The molecule has 0 radical (unpaired) electrons. The van der Waals surface area contributed by atoms with Crippen molar-refractivity contribution < 1.29 is 24.2 Å². The Labute approximate surface area is 129 Å². The average molecular weight is 307 g/mol. The van der Waals surface area contributed by atoms with Crippen molar-refractivity contribution in [3.63, 3.8) is 0 Å². The number of ether oxygens (including phenoxy) is 2. The maximum absolute atomic E-state index is 12.1. The molecular weight excluding hydrogens is 286 g/mol. The fraction of sp³-hybridized carbons (Fsp3) is 0.500. The molecule has 0 bridgehead atoms. The average Bonchev–Trinajstić information content (AvgIpc) is 2.51. The molecule has 0 saturated carbocycles. The number of hydrogen-bond donors (Lipinski definition) is 1. The normalized spacial score (nSPS) is 21.6. The van der Waals surface area contributed by atoms with Gasteiger partial charge in [-0.1, -0.05) is 30.3 Å². The second-order valence-electron chi connectivity index (χ2n) is 5.36. The van der Waals surface area contributed by atoms with Crippen molar-refractivity contribution in [3.05, 3.63) is 35.9 Å². The van der Waals surface area contributed by atoms with Gasteiger partial charge in [-0.25, -0.2) is 4.79 Å². The number of carboxylic acids is 1. The molecule has 120 valence electrons. The topological polar surface area (TPSA) is 76.1 Å². The van der Waals surface area contributed by atoms with Crippen molar-refractivity contribution in [2.45, 2.75) is 32.2 Å². The quantitative estimate of drug-likeness (QED) is 0.802. The molecule has 6 heteroatoms. The number of benzene rings is 1. The van der Waals surface area contributed by atoms with Crippen LogP contribution >= 0.6 is 0 Å². The Kier molecular flexibility index (Phi) is 5.91. The Morgan fingerprint density at radius 3 is 2.73 bits per heavy atom. The van der Waals surface area contributed by atoms with Gasteiger partial charge in [0.25, 0.3) is 0 Å². The van der Waals surface area contributed by atoms with E-state index in [-0.39, 0.29) is 25.0 Å². The molecule has 0 spiro atoms. The molecule has 1 aliphatic heterocycles. The molecule has 1 heterocycles. The van der Waals surface area contributed by atoms with Crippen LogP contribution in [-0.4, -0.2) is 53.8 Å². The smallest absolute Gasteiger partial charge is 0.334 e. The summed E-state index contributed by atoms with van der Waals surface area (Å²) in [6, 6.07) is 9.73. The molecule has 1 unspecified atom stereocenters. The lowest BCUT2D eigenvalue weighted by atomic mass is 10.2. The van der Waals surface area contributed by atoms with Crippen LogP contribution in [0.25, 0.3) is 0 Å². The summed E-state index contributed by atoms with van der Waals surface area (Å²) in [6.45, 7) is 3.06. The Bertz CT molecular complexity index is 505. The minimum Gasteiger partial charge on any atom is -0.479 e. The van der Waals surface area contributed by atoms with Crippen molar-refractivity contribution in [2.75, 3.05) is 19.7 Å². The summed E-state index contributed by atoms with van der Waals surface area (Å²) in [5.41, 5.74) is 1.06. The van der Waals surface area contributed by atoms with Crippen LogP contribution in [0.3, 0.4) is 0 Å². The van der Waals surface area contributed by atoms with Crippen LogP contribution in [0.1, 0.15) is 18.9 Å². The number of carbonyl (C=O) groups is 2. The van der Waals surface area contributed by atoms with E-state index in [1.807, 2.05) is 30.3 Å². The Morgan fingerprint density at radius 2 is 2.05 bits per heavy atom. The maximum Gasteiger partial charge on any atom is 0.334 e. The van der Waals surface area contributed by atoms with Crippen molar-refractivity contribution in [2.24, 2.45) is 0 Å². The first kappa shape index (κ1) is 16.5. The van der Waals surface area contributed by atoms with E-state index in [9.17, 15) is 9.59 Å². The van der Waals surface area contributed by atoms with E-state index >= 15 is 0 Å². The van der Waals surface area contributed by atoms with Crippen molar-refractivity contribution in [3.8, 4) is 0 Å². The molecule has 1 fully saturated rings. The van der Waals surface area contributed by atoms with Gasteiger partial charge in [-0.05, 0) is 12.5 Å². The van der Waals surface area contributed by atoms with Gasteiger partial charge < -0.3 is 19.5 Å². The molecule has 1 aromatic rings. The third-order valence-electron chi connectivity index (χ3n) is 3.46. The van der Waals surface area contributed by atoms with E-state index in [1.54, 1.807) is 11.8 Å². The van der Waals surface area contributed by atoms with E-state index < -0.39 is 12.1 Å². The van der Waals surface area contributed by atoms with Gasteiger partial charge in [0.2, 0.25) is 5.91 Å². The van der Waals surface area contributed by atoms with Gasteiger partial charge in [-0.3, -0.25) is 4.79 Å². The van der Waals surface area contributed by atoms with Gasteiger partial charge in [-0.15, -0.1) is 0 Å². The molecule has 1 amide bonds. The highest BCUT2D eigenvalue weighted by Gasteiger charge is 2.32. The van der Waals surface area contributed by atoms with Crippen LogP contribution in [-0.2, 0) is 25.7 Å². The highest BCUT2D eigenvalue weighted by Crippen LogP contribution is 2.12. The van der Waals surface area contributed by atoms with Gasteiger partial charge in [0.1, 0.15) is 0 Å². The zero-order valence-corrected chi connectivity index (χ0v) is 12.6. The number of aliphatic carboxylic acids is 1. The zero-order chi connectivity index (χ0) is 15.9. The van der Waals surface area contributed by atoms with E-state index in [2.05, 4.69) is 0 Å². The first-order chi connectivity index (χ1) is 10.6. The monoisotopic (exact) mass is 307 g/mol. The van der Waals surface area contributed by atoms with E-state index in [4.69, 9.17) is 14.6 Å². The fourth-order valence-electron chi connectivity index (χ4n) is 2.37. The van der Waals surface area contributed by atoms with E-state index in [0.29, 0.717) is 19.8 Å². The number of carboxylic acid groups (broad SMARTS) is 1. The van der Waals surface area contributed by atoms with Crippen molar-refractivity contribution in [1.29, 1.82) is 0 Å². The minimum absolute atomic E-state index is 0.0944. The summed E-state index contributed by atoms with van der Waals surface area (Å²) in [4.78, 5) is 24.7. The third kappa shape index (κ3) is 4.82. The molecule has 1 saturated heterocycles. The highest BCUT2D eigenvalue weighted by molar-refractivity contribution is 5.78. The molecule has 0 aromatic heterocycles. The summed E-state index contributed by atoms with van der Waals surface area (Å²) < 4.78 is 10.8.